The maximum Gasteiger partial charge on any atom is 0.0584 e. The molecule has 2 unspecified atom stereocenters. The molecule has 0 aliphatic heterocycles. The predicted molar refractivity (Wildman–Crippen MR) is 53.8 cm³/mol. The van der Waals surface area contributed by atoms with Gasteiger partial charge < -0.3 is 10.2 Å². The van der Waals surface area contributed by atoms with Crippen LogP contribution in [0.25, 0.3) is 0 Å². The molecule has 0 aromatic carbocycles. The van der Waals surface area contributed by atoms with Gasteiger partial charge in [0.25, 0.3) is 0 Å². The lowest BCUT2D eigenvalue weighted by atomic mass is 10.2. The van der Waals surface area contributed by atoms with Crippen LogP contribution in [0.3, 0.4) is 0 Å². The van der Waals surface area contributed by atoms with Crippen molar-refractivity contribution in [1.82, 2.24) is 4.90 Å². The summed E-state index contributed by atoms with van der Waals surface area (Å²) in [5.41, 5.74) is 0. The SMILES string of the molecule is CC(CO)N(CI)C(C)CO. The summed E-state index contributed by atoms with van der Waals surface area (Å²) in [7, 11) is 0. The van der Waals surface area contributed by atoms with Crippen molar-refractivity contribution >= 4 is 22.6 Å². The van der Waals surface area contributed by atoms with Crippen LogP contribution in [-0.2, 0) is 0 Å². The third-order valence-electron chi connectivity index (χ3n) is 1.80. The van der Waals surface area contributed by atoms with Gasteiger partial charge in [0.2, 0.25) is 0 Å². The molecule has 0 rings (SSSR count). The van der Waals surface area contributed by atoms with Crippen LogP contribution in [-0.4, -0.2) is 45.0 Å². The molecule has 4 heteroatoms. The molecule has 0 aromatic rings. The zero-order valence-corrected chi connectivity index (χ0v) is 9.15. The summed E-state index contributed by atoms with van der Waals surface area (Å²) in [6.45, 7) is 4.19. The van der Waals surface area contributed by atoms with Gasteiger partial charge in [0.15, 0.2) is 0 Å². The van der Waals surface area contributed by atoms with E-state index in [4.69, 9.17) is 10.2 Å². The number of halogens is 1. The molecule has 0 aliphatic rings. The Bertz CT molecular complexity index is 92.4. The highest BCUT2D eigenvalue weighted by Crippen LogP contribution is 2.07. The van der Waals surface area contributed by atoms with Crippen molar-refractivity contribution in [2.45, 2.75) is 25.9 Å². The molecule has 0 amide bonds. The van der Waals surface area contributed by atoms with Gasteiger partial charge in [-0.15, -0.1) is 0 Å². The van der Waals surface area contributed by atoms with Crippen molar-refractivity contribution in [3.63, 3.8) is 0 Å². The van der Waals surface area contributed by atoms with Gasteiger partial charge in [-0.2, -0.15) is 0 Å². The van der Waals surface area contributed by atoms with Crippen molar-refractivity contribution in [3.8, 4) is 0 Å². The summed E-state index contributed by atoms with van der Waals surface area (Å²) in [5, 5.41) is 17.7. The molecule has 0 aromatic heterocycles. The summed E-state index contributed by atoms with van der Waals surface area (Å²) in [6.07, 6.45) is 0. The van der Waals surface area contributed by atoms with Crippen molar-refractivity contribution in [2.24, 2.45) is 0 Å². The second-order valence-electron chi connectivity index (χ2n) is 2.70. The van der Waals surface area contributed by atoms with Gasteiger partial charge in [0.1, 0.15) is 0 Å². The molecule has 11 heavy (non-hydrogen) atoms. The first kappa shape index (κ1) is 11.6. The first-order chi connectivity index (χ1) is 5.17. The maximum atomic E-state index is 8.85. The van der Waals surface area contributed by atoms with Crippen LogP contribution in [0.4, 0.5) is 0 Å². The third-order valence-corrected chi connectivity index (χ3v) is 2.59. The number of nitrogens with zero attached hydrogens (tertiary/aromatic N) is 1. The van der Waals surface area contributed by atoms with Crippen LogP contribution in [0.5, 0.6) is 0 Å². The minimum atomic E-state index is 0.133. The Morgan fingerprint density at radius 3 is 1.73 bits per heavy atom. The predicted octanol–water partition coefficient (Wildman–Crippen LogP) is 0.443. The van der Waals surface area contributed by atoms with Crippen LogP contribution in [0.15, 0.2) is 0 Å². The number of hydrogen-bond donors (Lipinski definition) is 2. The standard InChI is InChI=1S/C7H16INO2/c1-6(3-10)9(5-8)7(2)4-11/h6-7,10-11H,3-5H2,1-2H3. The number of aliphatic hydroxyl groups excluding tert-OH is 2. The van der Waals surface area contributed by atoms with Crippen molar-refractivity contribution in [2.75, 3.05) is 17.8 Å². The van der Waals surface area contributed by atoms with E-state index in [2.05, 4.69) is 27.5 Å². The molecular formula is C7H16INO2. The Balaban J connectivity index is 3.92. The molecule has 0 spiro atoms. The van der Waals surface area contributed by atoms with E-state index in [1.807, 2.05) is 13.8 Å². The van der Waals surface area contributed by atoms with Gasteiger partial charge in [-0.25, -0.2) is 0 Å². The molecule has 0 bridgehead atoms. The second kappa shape index (κ2) is 6.16. The largest absolute Gasteiger partial charge is 0.395 e. The fourth-order valence-electron chi connectivity index (χ4n) is 0.880. The summed E-state index contributed by atoms with van der Waals surface area (Å²) in [6, 6.07) is 0.267. The first-order valence-corrected chi connectivity index (χ1v) is 5.23. The molecule has 0 fully saturated rings. The molecule has 0 radical (unpaired) electrons. The highest BCUT2D eigenvalue weighted by Gasteiger charge is 2.16. The summed E-state index contributed by atoms with van der Waals surface area (Å²) >= 11 is 2.23. The Hall–Kier alpha value is 0.610. The zero-order valence-electron chi connectivity index (χ0n) is 7.00. The lowest BCUT2D eigenvalue weighted by Crippen LogP contribution is -2.42. The van der Waals surface area contributed by atoms with E-state index in [9.17, 15) is 0 Å². The molecule has 0 aliphatic carbocycles. The number of alkyl halides is 1. The zero-order chi connectivity index (χ0) is 8.85. The Labute approximate surface area is 81.5 Å². The van der Waals surface area contributed by atoms with E-state index < -0.39 is 0 Å². The van der Waals surface area contributed by atoms with E-state index in [0.717, 1.165) is 4.55 Å². The fraction of sp³-hybridized carbons (Fsp3) is 1.00. The Kier molecular flexibility index (Phi) is 6.50. The lowest BCUT2D eigenvalue weighted by molar-refractivity contribution is 0.0886. The molecular weight excluding hydrogens is 257 g/mol. The van der Waals surface area contributed by atoms with Gasteiger partial charge in [-0.1, -0.05) is 22.6 Å². The smallest absolute Gasteiger partial charge is 0.0584 e. The second-order valence-corrected chi connectivity index (χ2v) is 3.38. The van der Waals surface area contributed by atoms with Gasteiger partial charge >= 0.3 is 0 Å². The van der Waals surface area contributed by atoms with E-state index in [1.165, 1.54) is 0 Å². The van der Waals surface area contributed by atoms with Crippen LogP contribution in [0.1, 0.15) is 13.8 Å². The quantitative estimate of drug-likeness (QED) is 0.434. The highest BCUT2D eigenvalue weighted by atomic mass is 127. The monoisotopic (exact) mass is 273 g/mol. The Morgan fingerprint density at radius 1 is 1.18 bits per heavy atom. The van der Waals surface area contributed by atoms with E-state index in [-0.39, 0.29) is 25.3 Å². The summed E-state index contributed by atoms with van der Waals surface area (Å²) < 4.78 is 0.835. The average Bonchev–Trinajstić information content (AvgIpc) is 2.05. The summed E-state index contributed by atoms with van der Waals surface area (Å²) in [5.74, 6) is 0. The first-order valence-electron chi connectivity index (χ1n) is 3.70. The molecule has 0 heterocycles. The molecule has 0 saturated heterocycles. The van der Waals surface area contributed by atoms with Gasteiger partial charge in [-0.3, -0.25) is 4.90 Å². The molecule has 2 N–H and O–H groups in total. The minimum Gasteiger partial charge on any atom is -0.395 e. The normalized spacial score (nSPS) is 16.9. The van der Waals surface area contributed by atoms with E-state index >= 15 is 0 Å². The number of hydrogen-bond acceptors (Lipinski definition) is 3. The van der Waals surface area contributed by atoms with Gasteiger partial charge in [-0.05, 0) is 13.8 Å². The van der Waals surface area contributed by atoms with Crippen LogP contribution >= 0.6 is 22.6 Å². The number of aliphatic hydroxyl groups is 2. The highest BCUT2D eigenvalue weighted by molar-refractivity contribution is 14.1. The molecule has 0 saturated carbocycles. The summed E-state index contributed by atoms with van der Waals surface area (Å²) in [4.78, 5) is 2.06. The molecule has 3 nitrogen and oxygen atoms in total. The van der Waals surface area contributed by atoms with Crippen molar-refractivity contribution < 1.29 is 10.2 Å². The topological polar surface area (TPSA) is 43.7 Å². The molecule has 68 valence electrons. The minimum absolute atomic E-state index is 0.133. The molecule has 2 atom stereocenters. The fourth-order valence-corrected chi connectivity index (χ4v) is 2.22. The Morgan fingerprint density at radius 2 is 1.55 bits per heavy atom. The van der Waals surface area contributed by atoms with Crippen LogP contribution in [0, 0.1) is 0 Å². The van der Waals surface area contributed by atoms with Gasteiger partial charge in [0.05, 0.1) is 17.8 Å². The van der Waals surface area contributed by atoms with E-state index in [1.54, 1.807) is 0 Å². The van der Waals surface area contributed by atoms with Crippen molar-refractivity contribution in [1.29, 1.82) is 0 Å². The third kappa shape index (κ3) is 3.68. The van der Waals surface area contributed by atoms with Crippen molar-refractivity contribution in [3.05, 3.63) is 0 Å². The lowest BCUT2D eigenvalue weighted by Gasteiger charge is -2.30. The van der Waals surface area contributed by atoms with Crippen LogP contribution in [0.2, 0.25) is 0 Å². The number of rotatable bonds is 5. The maximum absolute atomic E-state index is 8.85. The average molecular weight is 273 g/mol. The van der Waals surface area contributed by atoms with Gasteiger partial charge in [0, 0.05) is 12.1 Å². The van der Waals surface area contributed by atoms with Crippen LogP contribution < -0.4 is 0 Å². The van der Waals surface area contributed by atoms with E-state index in [0.29, 0.717) is 0 Å².